The molecular formula is C102H129Cl3N6O21S3. The van der Waals surface area contributed by atoms with E-state index in [1.807, 2.05) is 36.4 Å². The number of fused-ring (bicyclic) bond motifs is 12. The monoisotopic (exact) mass is 1970 g/mol. The number of hydrogen-bond donors (Lipinski definition) is 6. The minimum absolute atomic E-state index is 0.0758. The van der Waals surface area contributed by atoms with Gasteiger partial charge in [0.1, 0.15) is 33.0 Å². The molecular weight excluding hydrogens is 1850 g/mol. The lowest BCUT2D eigenvalue weighted by Gasteiger charge is -2.45. The molecule has 3 fully saturated rings. The molecule has 0 aromatic heterocycles. The summed E-state index contributed by atoms with van der Waals surface area (Å²) in [6.07, 6.45) is 25.7. The van der Waals surface area contributed by atoms with Gasteiger partial charge in [-0.05, 0) is 295 Å². The number of rotatable bonds is 15. The Morgan fingerprint density at radius 1 is 0.385 bits per heavy atom. The Balaban J connectivity index is 0.000000147. The van der Waals surface area contributed by atoms with E-state index in [0.717, 1.165) is 128 Å². The number of nitrogens with one attached hydrogen (secondary N) is 3. The normalized spacial score (nSPS) is 30.2. The van der Waals surface area contributed by atoms with Gasteiger partial charge in [0.05, 0.1) is 115 Å². The zero-order valence-electron chi connectivity index (χ0n) is 77.3. The number of allylic oxidation sites excluding steroid dienone is 3. The van der Waals surface area contributed by atoms with Crippen LogP contribution >= 0.6 is 34.8 Å². The molecule has 3 amide bonds. The van der Waals surface area contributed by atoms with Crippen molar-refractivity contribution in [2.75, 3.05) is 155 Å². The molecule has 6 aromatic rings. The number of methoxy groups -OCH3 is 3. The number of halogens is 3. The minimum atomic E-state index is -4.08. The van der Waals surface area contributed by atoms with Gasteiger partial charge in [0.2, 0.25) is 30.1 Å². The standard InChI is InChI=1S/3C34H43ClN2O7S/c3*1-42-15-16-43-20-27-6-2-3-7-31(38)28-11-8-25(28)19-37-21-34(14-4-5-23-17-26(35)10-12-29(23)34)22-44-32-13-9-24(18-30(32)37)33(39)36-45(27,40)41/h3*3,7,9-10,12-13,17-18,25,27-28,31,38H,2,4-6,8,11,14-16,19-22H2,1H3,(H,36,39)/b7-3+;2*7-3-/t25-,27+,28+,31-,34-;25-,27+,28+,31+,34-;25-,27-,28+,31+,34-/m000/s1. The fourth-order valence-corrected chi connectivity index (χ4v) is 26.7. The highest BCUT2D eigenvalue weighted by atomic mass is 35.5. The Morgan fingerprint density at radius 3 is 0.941 bits per heavy atom. The van der Waals surface area contributed by atoms with Gasteiger partial charge in [-0.3, -0.25) is 14.4 Å². The van der Waals surface area contributed by atoms with Gasteiger partial charge < -0.3 is 72.7 Å². The van der Waals surface area contributed by atoms with E-state index in [1.165, 1.54) is 33.4 Å². The number of carbonyl (C=O) groups excluding carboxylic acids is 3. The molecule has 12 aliphatic rings. The van der Waals surface area contributed by atoms with E-state index < -0.39 is 81.9 Å². The number of aliphatic hydroxyl groups excluding tert-OH is 3. The molecule has 3 spiro atoms. The summed E-state index contributed by atoms with van der Waals surface area (Å²) in [7, 11) is -7.59. The largest absolute Gasteiger partial charge is 0.490 e. The third-order valence-electron chi connectivity index (χ3n) is 30.2. The third kappa shape index (κ3) is 23.2. The van der Waals surface area contributed by atoms with Crippen molar-refractivity contribution in [3.8, 4) is 17.2 Å². The van der Waals surface area contributed by atoms with Crippen LogP contribution in [0.1, 0.15) is 180 Å². The molecule has 6 heterocycles. The average Bonchev–Trinajstić information content (AvgIpc) is 1.68. The van der Waals surface area contributed by atoms with Gasteiger partial charge in [0.25, 0.3) is 17.7 Å². The summed E-state index contributed by atoms with van der Waals surface area (Å²) >= 11 is 19.2. The first-order valence-electron chi connectivity index (χ1n) is 47.9. The van der Waals surface area contributed by atoms with Crippen LogP contribution in [-0.2, 0) is 94.0 Å². The summed E-state index contributed by atoms with van der Waals surface area (Å²) in [5.41, 5.74) is 9.64. The highest BCUT2D eigenvalue weighted by molar-refractivity contribution is 7.91. The average molecular weight is 1980 g/mol. The number of hydrogen-bond acceptors (Lipinski definition) is 24. The maximum Gasteiger partial charge on any atom is 0.264 e. The zero-order chi connectivity index (χ0) is 94.8. The number of nitrogens with zero attached hydrogens (tertiary/aromatic N) is 3. The predicted octanol–water partition coefficient (Wildman–Crippen LogP) is 13.9. The molecule has 18 rings (SSSR count). The summed E-state index contributed by atoms with van der Waals surface area (Å²) < 4.78 is 139. The Kier molecular flexibility index (Phi) is 32.8. The van der Waals surface area contributed by atoms with E-state index in [2.05, 4.69) is 65.3 Å². The lowest BCUT2D eigenvalue weighted by Crippen LogP contribution is -2.49. The molecule has 27 nitrogen and oxygen atoms in total. The van der Waals surface area contributed by atoms with Crippen molar-refractivity contribution in [1.82, 2.24) is 14.2 Å². The van der Waals surface area contributed by atoms with Crippen LogP contribution in [0.4, 0.5) is 17.1 Å². The number of aryl methyl sites for hydroxylation is 3. The fraction of sp³-hybridized carbons (Fsp3) is 0.559. The van der Waals surface area contributed by atoms with E-state index in [4.69, 9.17) is 77.4 Å². The van der Waals surface area contributed by atoms with E-state index >= 15 is 0 Å². The molecule has 6 aromatic carbocycles. The maximum atomic E-state index is 13.5. The van der Waals surface area contributed by atoms with Crippen LogP contribution in [0.3, 0.4) is 0 Å². The number of benzene rings is 6. The SMILES string of the molecule is COCCOC[C@@H]1CC/C=C\[C@@H](O)[C@@H]2CC[C@H]2CN2C[C@@]3(CCCc4cc(Cl)ccc43)COc3ccc(cc32)C(=O)NS1(=O)=O.COCCOC[C@H]1CC/C=C/[C@H](O)[C@@H]2CC[C@H]2CN2C[C@@]3(CCCc4cc(Cl)ccc43)COc3ccc(cc32)C(=O)NS1(=O)=O.COCCOC[C@H]1CC/C=C\[C@@H](O)[C@@H]2CC[C@H]2CN2C[C@@]3(CCCc4cc(Cl)ccc43)COc3ccc(cc32)C(=O)NS1(=O)=O. The smallest absolute Gasteiger partial charge is 0.264 e. The number of anilines is 3. The summed E-state index contributed by atoms with van der Waals surface area (Å²) in [5.74, 6) is 0.992. The van der Waals surface area contributed by atoms with Crippen LogP contribution in [0.25, 0.3) is 0 Å². The van der Waals surface area contributed by atoms with Gasteiger partial charge >= 0.3 is 0 Å². The molecule has 6 N–H and O–H groups in total. The number of ether oxygens (including phenoxy) is 9. The summed E-state index contributed by atoms with van der Waals surface area (Å²) in [4.78, 5) is 47.5. The molecule has 6 aliphatic heterocycles. The third-order valence-corrected chi connectivity index (χ3v) is 36.1. The van der Waals surface area contributed by atoms with Crippen molar-refractivity contribution in [3.63, 3.8) is 0 Å². The second-order valence-electron chi connectivity index (χ2n) is 38.9. The Morgan fingerprint density at radius 2 is 0.674 bits per heavy atom. The highest BCUT2D eigenvalue weighted by Gasteiger charge is 2.50. The van der Waals surface area contributed by atoms with Gasteiger partial charge in [-0.2, -0.15) is 0 Å². The van der Waals surface area contributed by atoms with E-state index in [0.29, 0.717) is 115 Å². The van der Waals surface area contributed by atoms with Crippen molar-refractivity contribution >= 4 is 99.7 Å². The van der Waals surface area contributed by atoms with E-state index in [9.17, 15) is 55.0 Å². The Hall–Kier alpha value is -7.89. The van der Waals surface area contributed by atoms with Crippen LogP contribution in [0.5, 0.6) is 17.2 Å². The van der Waals surface area contributed by atoms with Gasteiger partial charge in [-0.25, -0.2) is 39.4 Å². The molecule has 15 atom stereocenters. The van der Waals surface area contributed by atoms with E-state index in [1.54, 1.807) is 94.2 Å². The van der Waals surface area contributed by atoms with Gasteiger partial charge in [0, 0.05) is 109 Å². The molecule has 6 aliphatic carbocycles. The van der Waals surface area contributed by atoms with Gasteiger partial charge in [0.15, 0.2) is 0 Å². The molecule has 33 heteroatoms. The molecule has 0 radical (unpaired) electrons. The molecule has 6 bridgehead atoms. The minimum Gasteiger partial charge on any atom is -0.490 e. The molecule has 135 heavy (non-hydrogen) atoms. The summed E-state index contributed by atoms with van der Waals surface area (Å²) in [5, 5.41) is 32.8. The van der Waals surface area contributed by atoms with Crippen LogP contribution in [0, 0.1) is 35.5 Å². The predicted molar refractivity (Wildman–Crippen MR) is 521 cm³/mol. The molecule has 0 saturated heterocycles. The van der Waals surface area contributed by atoms with Crippen molar-refractivity contribution in [3.05, 3.63) is 211 Å². The number of carbonyl (C=O) groups is 3. The molecule has 732 valence electrons. The van der Waals surface area contributed by atoms with Crippen molar-refractivity contribution < 1.29 is 97.6 Å². The van der Waals surface area contributed by atoms with Crippen LogP contribution in [0.15, 0.2) is 146 Å². The van der Waals surface area contributed by atoms with E-state index in [-0.39, 0.29) is 127 Å². The lowest BCUT2D eigenvalue weighted by molar-refractivity contribution is 0.0454. The number of amides is 3. The summed E-state index contributed by atoms with van der Waals surface area (Å²) in [6.45, 7) is 7.06. The lowest BCUT2D eigenvalue weighted by atomic mass is 9.68. The maximum absolute atomic E-state index is 13.5. The van der Waals surface area contributed by atoms with Crippen molar-refractivity contribution in [2.45, 2.75) is 185 Å². The molecule has 0 unspecified atom stereocenters. The second kappa shape index (κ2) is 44.3. The van der Waals surface area contributed by atoms with Crippen molar-refractivity contribution in [2.24, 2.45) is 35.5 Å². The zero-order valence-corrected chi connectivity index (χ0v) is 82.0. The second-order valence-corrected chi connectivity index (χ2v) is 46.0. The Bertz CT molecular complexity index is 5140. The first-order valence-corrected chi connectivity index (χ1v) is 53.7. The highest BCUT2D eigenvalue weighted by Crippen LogP contribution is 2.52. The number of aliphatic hydroxyl groups is 3. The van der Waals surface area contributed by atoms with Crippen molar-refractivity contribution in [1.29, 1.82) is 0 Å². The van der Waals surface area contributed by atoms with Crippen LogP contribution < -0.4 is 43.1 Å². The fourth-order valence-electron chi connectivity index (χ4n) is 22.3. The summed E-state index contributed by atoms with van der Waals surface area (Å²) in [6, 6.07) is 33.9. The quantitative estimate of drug-likeness (QED) is 0.0411. The van der Waals surface area contributed by atoms with Crippen LogP contribution in [0.2, 0.25) is 15.1 Å². The van der Waals surface area contributed by atoms with Crippen LogP contribution in [-0.4, -0.2) is 232 Å². The first-order chi connectivity index (χ1) is 65.1. The first kappa shape index (κ1) is 100. The van der Waals surface area contributed by atoms with Gasteiger partial charge in [-0.1, -0.05) is 89.5 Å². The molecule has 3 saturated carbocycles. The Labute approximate surface area is 809 Å². The number of sulfonamides is 3. The topological polar surface area (TPSA) is 343 Å². The van der Waals surface area contributed by atoms with Gasteiger partial charge in [-0.15, -0.1) is 0 Å².